The fourth-order valence-corrected chi connectivity index (χ4v) is 1.29. The molecule has 0 aliphatic carbocycles. The third kappa shape index (κ3) is 8.74. The van der Waals surface area contributed by atoms with E-state index in [0.717, 1.165) is 0 Å². The summed E-state index contributed by atoms with van der Waals surface area (Å²) in [5.41, 5.74) is 0. The van der Waals surface area contributed by atoms with Crippen molar-refractivity contribution in [3.05, 3.63) is 30.3 Å². The summed E-state index contributed by atoms with van der Waals surface area (Å²) in [6.45, 7) is 10.1. The Bertz CT molecular complexity index is 260. The Hall–Kier alpha value is -1.04. The van der Waals surface area contributed by atoms with Gasteiger partial charge in [-0.15, -0.1) is 0 Å². The lowest BCUT2D eigenvalue weighted by atomic mass is 10.2. The molecule has 1 aromatic carbocycles. The van der Waals surface area contributed by atoms with Gasteiger partial charge in [0.15, 0.2) is 0 Å². The van der Waals surface area contributed by atoms with E-state index in [9.17, 15) is 0 Å². The van der Waals surface area contributed by atoms with Gasteiger partial charge < -0.3 is 19.6 Å². The van der Waals surface area contributed by atoms with E-state index < -0.39 is 7.32 Å². The van der Waals surface area contributed by atoms with Gasteiger partial charge in [0.2, 0.25) is 0 Å². The van der Waals surface area contributed by atoms with E-state index in [1.807, 2.05) is 6.07 Å². The van der Waals surface area contributed by atoms with Gasteiger partial charge in [-0.05, 0) is 31.8 Å². The fourth-order valence-electron chi connectivity index (χ4n) is 1.29. The lowest BCUT2D eigenvalue weighted by Gasteiger charge is -2.13. The molecule has 0 atom stereocenters. The minimum absolute atomic E-state index is 0.442. The molecule has 0 bridgehead atoms. The third-order valence-electron chi connectivity index (χ3n) is 2.33. The normalized spacial score (nSPS) is 9.53. The van der Waals surface area contributed by atoms with Gasteiger partial charge in [-0.2, -0.15) is 0 Å². The number of hydrogen-bond donors (Lipinski definition) is 2. The van der Waals surface area contributed by atoms with Gasteiger partial charge in [0.25, 0.3) is 0 Å². The zero-order chi connectivity index (χ0) is 13.1. The number of benzene rings is 1. The summed E-state index contributed by atoms with van der Waals surface area (Å²) in [4.78, 5) is 2.38. The second-order valence-electron chi connectivity index (χ2n) is 3.38. The van der Waals surface area contributed by atoms with Crippen LogP contribution in [-0.2, 0) is 0 Å². The molecule has 0 spiro atoms. The molecule has 96 valence electrons. The van der Waals surface area contributed by atoms with Crippen LogP contribution in [0.4, 0.5) is 0 Å². The summed E-state index contributed by atoms with van der Waals surface area (Å²) in [6.07, 6.45) is 0. The first-order valence-corrected chi connectivity index (χ1v) is 5.94. The monoisotopic (exact) mass is 239 g/mol. The Labute approximate surface area is 104 Å². The molecule has 1 aromatic rings. The largest absolute Gasteiger partial charge is 0.707 e. The molecule has 1 rings (SSSR count). The molecule has 0 radical (unpaired) electrons. The summed E-state index contributed by atoms with van der Waals surface area (Å²) < 4.78 is 4.53. The highest BCUT2D eigenvalue weighted by atomic mass is 16.6. The lowest BCUT2D eigenvalue weighted by molar-refractivity contribution is 0.288. The highest BCUT2D eigenvalue weighted by Crippen LogP contribution is 2.07. The van der Waals surface area contributed by atoms with Gasteiger partial charge in [-0.3, -0.25) is 0 Å². The van der Waals surface area contributed by atoms with Crippen LogP contribution in [0, 0.1) is 0 Å². The van der Waals surface area contributed by atoms with Gasteiger partial charge in [-0.1, -0.05) is 39.0 Å². The minimum atomic E-state index is -1.73. The molecular formula is C12H22BNO3. The molecule has 0 aliphatic rings. The van der Waals surface area contributed by atoms with E-state index in [0.29, 0.717) is 5.75 Å². The molecule has 0 unspecified atom stereocenters. The average Bonchev–Trinajstić information content (AvgIpc) is 2.32. The van der Waals surface area contributed by atoms with Gasteiger partial charge in [0.1, 0.15) is 5.75 Å². The Balaban J connectivity index is 0.000000325. The molecule has 17 heavy (non-hydrogen) atoms. The number of nitrogens with zero attached hydrogens (tertiary/aromatic N) is 1. The number of hydrogen-bond acceptors (Lipinski definition) is 4. The Morgan fingerprint density at radius 2 is 1.47 bits per heavy atom. The van der Waals surface area contributed by atoms with Crippen molar-refractivity contribution in [3.63, 3.8) is 0 Å². The topological polar surface area (TPSA) is 52.9 Å². The second kappa shape index (κ2) is 10.1. The van der Waals surface area contributed by atoms with E-state index in [1.165, 1.54) is 19.6 Å². The molecule has 0 heterocycles. The first-order valence-electron chi connectivity index (χ1n) is 5.94. The van der Waals surface area contributed by atoms with E-state index in [2.05, 4.69) is 30.3 Å². The molecular weight excluding hydrogens is 217 g/mol. The van der Waals surface area contributed by atoms with Gasteiger partial charge in [0, 0.05) is 0 Å². The van der Waals surface area contributed by atoms with Crippen molar-refractivity contribution < 1.29 is 14.7 Å². The van der Waals surface area contributed by atoms with Crippen LogP contribution in [0.15, 0.2) is 30.3 Å². The maximum absolute atomic E-state index is 8.34. The molecule has 0 saturated heterocycles. The van der Waals surface area contributed by atoms with Crippen molar-refractivity contribution >= 4 is 7.32 Å². The van der Waals surface area contributed by atoms with E-state index in [1.54, 1.807) is 24.3 Å². The summed E-state index contributed by atoms with van der Waals surface area (Å²) in [7, 11) is -1.73. The molecule has 2 N–H and O–H groups in total. The van der Waals surface area contributed by atoms with Crippen molar-refractivity contribution in [2.24, 2.45) is 0 Å². The SMILES string of the molecule is CCN(CC)CC.OB(O)Oc1ccccc1. The Morgan fingerprint density at radius 1 is 1.00 bits per heavy atom. The summed E-state index contributed by atoms with van der Waals surface area (Å²) in [5, 5.41) is 16.7. The number of para-hydroxylation sites is 1. The average molecular weight is 239 g/mol. The zero-order valence-corrected chi connectivity index (χ0v) is 10.8. The lowest BCUT2D eigenvalue weighted by Crippen LogP contribution is -2.21. The van der Waals surface area contributed by atoms with E-state index >= 15 is 0 Å². The molecule has 4 nitrogen and oxygen atoms in total. The first-order chi connectivity index (χ1) is 8.13. The van der Waals surface area contributed by atoms with Crippen molar-refractivity contribution in [1.29, 1.82) is 0 Å². The van der Waals surface area contributed by atoms with Crippen LogP contribution in [0.2, 0.25) is 0 Å². The van der Waals surface area contributed by atoms with Crippen LogP contribution in [0.25, 0.3) is 0 Å². The van der Waals surface area contributed by atoms with Crippen LogP contribution in [0.5, 0.6) is 5.75 Å². The first kappa shape index (κ1) is 16.0. The van der Waals surface area contributed by atoms with Crippen molar-refractivity contribution in [2.75, 3.05) is 19.6 Å². The van der Waals surface area contributed by atoms with Gasteiger partial charge in [0.05, 0.1) is 0 Å². The van der Waals surface area contributed by atoms with Crippen LogP contribution >= 0.6 is 0 Å². The maximum atomic E-state index is 8.34. The van der Waals surface area contributed by atoms with Gasteiger partial charge >= 0.3 is 7.32 Å². The quantitative estimate of drug-likeness (QED) is 0.762. The zero-order valence-electron chi connectivity index (χ0n) is 10.8. The van der Waals surface area contributed by atoms with Crippen LogP contribution < -0.4 is 4.65 Å². The summed E-state index contributed by atoms with van der Waals surface area (Å²) >= 11 is 0. The Morgan fingerprint density at radius 3 is 1.76 bits per heavy atom. The predicted molar refractivity (Wildman–Crippen MR) is 70.7 cm³/mol. The molecule has 5 heteroatoms. The van der Waals surface area contributed by atoms with Crippen molar-refractivity contribution in [3.8, 4) is 5.75 Å². The highest BCUT2D eigenvalue weighted by molar-refractivity contribution is 6.33. The van der Waals surface area contributed by atoms with Gasteiger partial charge in [-0.25, -0.2) is 0 Å². The highest BCUT2D eigenvalue weighted by Gasteiger charge is 2.09. The van der Waals surface area contributed by atoms with Crippen LogP contribution in [0.1, 0.15) is 20.8 Å². The van der Waals surface area contributed by atoms with Crippen LogP contribution in [-0.4, -0.2) is 41.9 Å². The maximum Gasteiger partial charge on any atom is 0.707 e. The fraction of sp³-hybridized carbons (Fsp3) is 0.500. The predicted octanol–water partition coefficient (Wildman–Crippen LogP) is 1.38. The summed E-state index contributed by atoms with van der Waals surface area (Å²) in [5.74, 6) is 0.442. The molecule has 0 saturated carbocycles. The molecule has 0 aliphatic heterocycles. The second-order valence-corrected chi connectivity index (χ2v) is 3.38. The summed E-state index contributed by atoms with van der Waals surface area (Å²) in [6, 6.07) is 8.59. The molecule has 0 fully saturated rings. The standard InChI is InChI=1S/C6H7BO3.C6H15N/c8-7(9)10-6-4-2-1-3-5-6;1-4-7(5-2)6-3/h1-5,8-9H;4-6H2,1-3H3. The van der Waals surface area contributed by atoms with Crippen LogP contribution in [0.3, 0.4) is 0 Å². The van der Waals surface area contributed by atoms with Crippen molar-refractivity contribution in [1.82, 2.24) is 4.90 Å². The van der Waals surface area contributed by atoms with E-state index in [-0.39, 0.29) is 0 Å². The minimum Gasteiger partial charge on any atom is -0.512 e. The van der Waals surface area contributed by atoms with E-state index in [4.69, 9.17) is 10.0 Å². The number of rotatable bonds is 5. The third-order valence-corrected chi connectivity index (χ3v) is 2.33. The smallest absolute Gasteiger partial charge is 0.512 e. The molecule has 0 aromatic heterocycles. The molecule has 0 amide bonds. The Kier molecular flexibility index (Phi) is 9.52. The van der Waals surface area contributed by atoms with Crippen molar-refractivity contribution in [2.45, 2.75) is 20.8 Å².